The molecule has 0 saturated heterocycles. The molecule has 1 aromatic rings. The van der Waals surface area contributed by atoms with Gasteiger partial charge in [0.15, 0.2) is 0 Å². The van der Waals surface area contributed by atoms with Crippen molar-refractivity contribution in [3.05, 3.63) is 47.0 Å². The zero-order valence-electron chi connectivity index (χ0n) is 10.6. The van der Waals surface area contributed by atoms with Crippen LogP contribution in [0.15, 0.2) is 35.9 Å². The molecule has 1 aromatic carbocycles. The Labute approximate surface area is 110 Å². The van der Waals surface area contributed by atoms with Gasteiger partial charge < -0.3 is 5.11 Å². The predicted octanol–water partition coefficient (Wildman–Crippen LogP) is 4.11. The van der Waals surface area contributed by atoms with Gasteiger partial charge in [0.25, 0.3) is 0 Å². The lowest BCUT2D eigenvalue weighted by atomic mass is 9.92. The Kier molecular flexibility index (Phi) is 4.30. The molecule has 0 radical (unpaired) electrons. The van der Waals surface area contributed by atoms with Gasteiger partial charge in [0, 0.05) is 6.42 Å². The Hall–Kier alpha value is -1.29. The predicted molar refractivity (Wildman–Crippen MR) is 67.7 cm³/mol. The van der Waals surface area contributed by atoms with Crippen molar-refractivity contribution in [3.8, 4) is 0 Å². The highest BCUT2D eigenvalue weighted by molar-refractivity contribution is 5.26. The van der Waals surface area contributed by atoms with Crippen molar-refractivity contribution in [2.45, 2.75) is 44.4 Å². The van der Waals surface area contributed by atoms with Gasteiger partial charge in [-0.15, -0.1) is 0 Å². The molecule has 104 valence electrons. The zero-order chi connectivity index (χ0) is 13.9. The van der Waals surface area contributed by atoms with Crippen LogP contribution >= 0.6 is 0 Å². The molecule has 1 nitrogen and oxygen atoms in total. The van der Waals surface area contributed by atoms with Crippen molar-refractivity contribution in [1.29, 1.82) is 0 Å². The Morgan fingerprint density at radius 3 is 2.32 bits per heavy atom. The number of allylic oxidation sites excluding steroid dienone is 1. The maximum absolute atomic E-state index is 12.4. The number of benzene rings is 1. The van der Waals surface area contributed by atoms with Crippen LogP contribution in [0.3, 0.4) is 0 Å². The van der Waals surface area contributed by atoms with Gasteiger partial charge in [0.05, 0.1) is 11.7 Å². The Morgan fingerprint density at radius 1 is 1.11 bits per heavy atom. The van der Waals surface area contributed by atoms with Crippen molar-refractivity contribution < 1.29 is 18.3 Å². The minimum Gasteiger partial charge on any atom is -0.388 e. The van der Waals surface area contributed by atoms with Gasteiger partial charge in [-0.1, -0.05) is 18.2 Å². The Morgan fingerprint density at radius 2 is 1.79 bits per heavy atom. The lowest BCUT2D eigenvalue weighted by Crippen LogP contribution is -2.15. The molecule has 1 aliphatic carbocycles. The van der Waals surface area contributed by atoms with Gasteiger partial charge in [-0.3, -0.25) is 0 Å². The molecule has 2 rings (SSSR count). The summed E-state index contributed by atoms with van der Waals surface area (Å²) in [5.41, 5.74) is 1.10. The minimum atomic E-state index is -4.30. The number of aliphatic hydroxyl groups is 1. The Balaban J connectivity index is 2.01. The molecule has 4 heteroatoms. The molecule has 0 fully saturated rings. The van der Waals surface area contributed by atoms with E-state index in [4.69, 9.17) is 0 Å². The molecule has 0 saturated carbocycles. The van der Waals surface area contributed by atoms with Crippen LogP contribution in [0.4, 0.5) is 13.2 Å². The first-order valence-electron chi connectivity index (χ1n) is 6.50. The van der Waals surface area contributed by atoms with E-state index in [0.29, 0.717) is 6.42 Å². The van der Waals surface area contributed by atoms with Crippen molar-refractivity contribution >= 4 is 0 Å². The van der Waals surface area contributed by atoms with Crippen LogP contribution in [0, 0.1) is 0 Å². The molecule has 0 aromatic heterocycles. The fraction of sp³-hybridized carbons (Fsp3) is 0.467. The number of hydrogen-bond donors (Lipinski definition) is 1. The second kappa shape index (κ2) is 5.78. The molecular weight excluding hydrogens is 253 g/mol. The fourth-order valence-corrected chi connectivity index (χ4v) is 2.35. The molecule has 19 heavy (non-hydrogen) atoms. The third kappa shape index (κ3) is 3.83. The molecule has 0 heterocycles. The molecule has 1 unspecified atom stereocenters. The van der Waals surface area contributed by atoms with Crippen molar-refractivity contribution in [2.24, 2.45) is 0 Å². The first-order valence-corrected chi connectivity index (χ1v) is 6.50. The van der Waals surface area contributed by atoms with E-state index >= 15 is 0 Å². The standard InChI is InChI=1S/C15H17F3O/c16-15(17,18)13-8-6-11(7-9-13)10-14(19)12-4-2-1-3-5-12/h4,6-9,14,19H,1-3,5,10H2. The Bertz CT molecular complexity index is 445. The quantitative estimate of drug-likeness (QED) is 0.819. The van der Waals surface area contributed by atoms with E-state index in [1.165, 1.54) is 12.1 Å². The summed E-state index contributed by atoms with van der Waals surface area (Å²) in [7, 11) is 0. The molecule has 1 N–H and O–H groups in total. The summed E-state index contributed by atoms with van der Waals surface area (Å²) in [6, 6.07) is 5.01. The van der Waals surface area contributed by atoms with Gasteiger partial charge in [-0.05, 0) is 49.0 Å². The number of rotatable bonds is 3. The largest absolute Gasteiger partial charge is 0.416 e. The smallest absolute Gasteiger partial charge is 0.388 e. The van der Waals surface area contributed by atoms with Crippen molar-refractivity contribution in [2.75, 3.05) is 0 Å². The number of halogens is 3. The number of alkyl halides is 3. The third-order valence-corrected chi connectivity index (χ3v) is 3.46. The van der Waals surface area contributed by atoms with E-state index < -0.39 is 17.8 Å². The van der Waals surface area contributed by atoms with E-state index in [9.17, 15) is 18.3 Å². The van der Waals surface area contributed by atoms with E-state index in [1.807, 2.05) is 0 Å². The summed E-state index contributed by atoms with van der Waals surface area (Å²) in [4.78, 5) is 0. The normalized spacial score (nSPS) is 18.0. The fourth-order valence-electron chi connectivity index (χ4n) is 2.35. The zero-order valence-corrected chi connectivity index (χ0v) is 10.6. The molecule has 0 spiro atoms. The highest BCUT2D eigenvalue weighted by atomic mass is 19.4. The van der Waals surface area contributed by atoms with Crippen LogP contribution < -0.4 is 0 Å². The number of hydrogen-bond acceptors (Lipinski definition) is 1. The van der Waals surface area contributed by atoms with Gasteiger partial charge in [0.1, 0.15) is 0 Å². The van der Waals surface area contributed by atoms with E-state index in [-0.39, 0.29) is 0 Å². The van der Waals surface area contributed by atoms with Crippen LogP contribution in [0.5, 0.6) is 0 Å². The minimum absolute atomic E-state index is 0.379. The monoisotopic (exact) mass is 270 g/mol. The van der Waals surface area contributed by atoms with Crippen LogP contribution in [0.1, 0.15) is 36.8 Å². The van der Waals surface area contributed by atoms with Gasteiger partial charge >= 0.3 is 6.18 Å². The molecule has 0 amide bonds. The highest BCUT2D eigenvalue weighted by Gasteiger charge is 2.30. The highest BCUT2D eigenvalue weighted by Crippen LogP contribution is 2.29. The van der Waals surface area contributed by atoms with Crippen LogP contribution in [0.2, 0.25) is 0 Å². The lowest BCUT2D eigenvalue weighted by Gasteiger charge is -2.19. The first kappa shape index (κ1) is 14.1. The van der Waals surface area contributed by atoms with Crippen LogP contribution in [-0.2, 0) is 12.6 Å². The second-order valence-corrected chi connectivity index (χ2v) is 4.94. The SMILES string of the molecule is OC(Cc1ccc(C(F)(F)F)cc1)C1=CCCCC1. The summed E-state index contributed by atoms with van der Waals surface area (Å²) in [5.74, 6) is 0. The summed E-state index contributed by atoms with van der Waals surface area (Å²) in [6.45, 7) is 0. The maximum atomic E-state index is 12.4. The van der Waals surface area contributed by atoms with Crippen LogP contribution in [-0.4, -0.2) is 11.2 Å². The third-order valence-electron chi connectivity index (χ3n) is 3.46. The molecule has 1 aliphatic rings. The molecule has 1 atom stereocenters. The number of aliphatic hydroxyl groups excluding tert-OH is 1. The summed E-state index contributed by atoms with van der Waals surface area (Å²) in [5, 5.41) is 10.1. The summed E-state index contributed by atoms with van der Waals surface area (Å²) in [6.07, 6.45) is 1.66. The molecular formula is C15H17F3O. The van der Waals surface area contributed by atoms with Gasteiger partial charge in [-0.25, -0.2) is 0 Å². The van der Waals surface area contributed by atoms with E-state index in [2.05, 4.69) is 6.08 Å². The van der Waals surface area contributed by atoms with Crippen molar-refractivity contribution in [1.82, 2.24) is 0 Å². The first-order chi connectivity index (χ1) is 8.97. The summed E-state index contributed by atoms with van der Waals surface area (Å²) < 4.78 is 37.2. The van der Waals surface area contributed by atoms with E-state index in [1.54, 1.807) is 0 Å². The average molecular weight is 270 g/mol. The van der Waals surface area contributed by atoms with Crippen molar-refractivity contribution in [3.63, 3.8) is 0 Å². The topological polar surface area (TPSA) is 20.2 Å². The molecule has 0 bridgehead atoms. The lowest BCUT2D eigenvalue weighted by molar-refractivity contribution is -0.137. The molecule has 0 aliphatic heterocycles. The maximum Gasteiger partial charge on any atom is 0.416 e. The summed E-state index contributed by atoms with van der Waals surface area (Å²) >= 11 is 0. The second-order valence-electron chi connectivity index (χ2n) is 4.94. The van der Waals surface area contributed by atoms with Gasteiger partial charge in [0.2, 0.25) is 0 Å². The average Bonchev–Trinajstić information content (AvgIpc) is 2.39. The van der Waals surface area contributed by atoms with Gasteiger partial charge in [-0.2, -0.15) is 13.2 Å². The van der Waals surface area contributed by atoms with E-state index in [0.717, 1.165) is 49.0 Å². The van der Waals surface area contributed by atoms with Crippen LogP contribution in [0.25, 0.3) is 0 Å².